The third kappa shape index (κ3) is 1.68. The molecule has 2 atom stereocenters. The average molecular weight is 307 g/mol. The van der Waals surface area contributed by atoms with Gasteiger partial charge in [-0.15, -0.1) is 0 Å². The quantitative estimate of drug-likeness (QED) is 0.448. The molecule has 2 saturated heterocycles. The number of halogens is 1. The predicted octanol–water partition coefficient (Wildman–Crippen LogP) is 0.136. The summed E-state index contributed by atoms with van der Waals surface area (Å²) in [5.74, 6) is 0.114. The van der Waals surface area contributed by atoms with Crippen molar-refractivity contribution < 1.29 is 4.79 Å². The van der Waals surface area contributed by atoms with Crippen LogP contribution in [0.25, 0.3) is 0 Å². The monoisotopic (exact) mass is 307 g/mol. The SMILES string of the molecule is NC/C=C/C(=O)N1CC2C1CCN2I. The number of fused-ring (bicyclic) bond motifs is 1. The Kier molecular flexibility index (Phi) is 3.08. The number of hydrogen-bond donors (Lipinski definition) is 1. The molecule has 2 rings (SSSR count). The summed E-state index contributed by atoms with van der Waals surface area (Å²) in [6.07, 6.45) is 4.41. The van der Waals surface area contributed by atoms with Gasteiger partial charge in [-0.25, -0.2) is 3.11 Å². The van der Waals surface area contributed by atoms with Crippen LogP contribution in [0.3, 0.4) is 0 Å². The van der Waals surface area contributed by atoms with Crippen molar-refractivity contribution in [3.05, 3.63) is 12.2 Å². The van der Waals surface area contributed by atoms with Gasteiger partial charge in [-0.05, 0) is 6.42 Å². The highest BCUT2D eigenvalue weighted by Gasteiger charge is 2.47. The number of nitrogens with two attached hydrogens (primary N) is 1. The Morgan fingerprint density at radius 1 is 1.57 bits per heavy atom. The Hall–Kier alpha value is -0.140. The maximum absolute atomic E-state index is 11.6. The van der Waals surface area contributed by atoms with E-state index in [4.69, 9.17) is 5.73 Å². The minimum absolute atomic E-state index is 0.114. The molecule has 2 aliphatic heterocycles. The van der Waals surface area contributed by atoms with E-state index >= 15 is 0 Å². The lowest BCUT2D eigenvalue weighted by Crippen LogP contribution is -2.61. The highest BCUT2D eigenvalue weighted by Crippen LogP contribution is 2.34. The summed E-state index contributed by atoms with van der Waals surface area (Å²) in [6, 6.07) is 1.03. The summed E-state index contributed by atoms with van der Waals surface area (Å²) < 4.78 is 2.30. The van der Waals surface area contributed by atoms with Gasteiger partial charge in [0.1, 0.15) is 0 Å². The maximum atomic E-state index is 11.6. The highest BCUT2D eigenvalue weighted by atomic mass is 127. The maximum Gasteiger partial charge on any atom is 0.246 e. The summed E-state index contributed by atoms with van der Waals surface area (Å²) in [6.45, 7) is 2.41. The number of carbonyl (C=O) groups excluding carboxylic acids is 1. The van der Waals surface area contributed by atoms with E-state index < -0.39 is 0 Å². The highest BCUT2D eigenvalue weighted by molar-refractivity contribution is 14.1. The fourth-order valence-corrected chi connectivity index (χ4v) is 2.92. The molecule has 2 unspecified atom stereocenters. The van der Waals surface area contributed by atoms with Crippen molar-refractivity contribution in [3.63, 3.8) is 0 Å². The van der Waals surface area contributed by atoms with Crippen molar-refractivity contribution in [2.24, 2.45) is 5.73 Å². The van der Waals surface area contributed by atoms with Gasteiger partial charge in [-0.2, -0.15) is 0 Å². The van der Waals surface area contributed by atoms with E-state index in [1.54, 1.807) is 12.2 Å². The van der Waals surface area contributed by atoms with E-state index in [0.717, 1.165) is 19.5 Å². The molecule has 0 bridgehead atoms. The topological polar surface area (TPSA) is 49.6 Å². The molecule has 0 aromatic carbocycles. The summed E-state index contributed by atoms with van der Waals surface area (Å²) in [5, 5.41) is 0. The van der Waals surface area contributed by atoms with Gasteiger partial charge in [0, 0.05) is 48.6 Å². The van der Waals surface area contributed by atoms with Gasteiger partial charge in [0.05, 0.1) is 12.1 Å². The normalized spacial score (nSPS) is 32.0. The molecule has 0 aliphatic carbocycles. The van der Waals surface area contributed by atoms with E-state index in [0.29, 0.717) is 18.6 Å². The second kappa shape index (κ2) is 4.16. The Labute approximate surface area is 97.6 Å². The second-order valence-corrected chi connectivity index (χ2v) is 4.91. The molecule has 5 heteroatoms. The van der Waals surface area contributed by atoms with Crippen molar-refractivity contribution in [2.75, 3.05) is 19.6 Å². The number of carbonyl (C=O) groups is 1. The molecule has 2 heterocycles. The van der Waals surface area contributed by atoms with Crippen LogP contribution in [0.1, 0.15) is 6.42 Å². The standard InChI is InChI=1S/C9H14IN3O/c10-13-5-3-7-8(13)6-12(7)9(14)2-1-4-11/h1-2,7-8H,3-6,11H2/b2-1+. The third-order valence-corrected chi connectivity index (χ3v) is 4.10. The Morgan fingerprint density at radius 3 is 3.00 bits per heavy atom. The zero-order chi connectivity index (χ0) is 10.1. The molecular weight excluding hydrogens is 293 g/mol. The molecule has 1 amide bonds. The minimum atomic E-state index is 0.114. The lowest BCUT2D eigenvalue weighted by molar-refractivity contribution is -0.134. The molecule has 0 saturated carbocycles. The molecular formula is C9H14IN3O. The molecule has 0 radical (unpaired) electrons. The van der Waals surface area contributed by atoms with E-state index in [1.165, 1.54) is 0 Å². The summed E-state index contributed by atoms with van der Waals surface area (Å²) in [5.41, 5.74) is 5.30. The Morgan fingerprint density at radius 2 is 2.36 bits per heavy atom. The van der Waals surface area contributed by atoms with Crippen LogP contribution in [0.2, 0.25) is 0 Å². The molecule has 78 valence electrons. The number of amides is 1. The molecule has 0 aromatic rings. The summed E-state index contributed by atoms with van der Waals surface area (Å²) in [4.78, 5) is 13.5. The zero-order valence-electron chi connectivity index (χ0n) is 7.90. The van der Waals surface area contributed by atoms with Crippen molar-refractivity contribution in [2.45, 2.75) is 18.5 Å². The molecule has 4 nitrogen and oxygen atoms in total. The van der Waals surface area contributed by atoms with Gasteiger partial charge in [-0.3, -0.25) is 4.79 Å². The van der Waals surface area contributed by atoms with Crippen LogP contribution in [0.4, 0.5) is 0 Å². The first-order chi connectivity index (χ1) is 6.74. The fourth-order valence-electron chi connectivity index (χ4n) is 2.09. The van der Waals surface area contributed by atoms with Crippen LogP contribution >= 0.6 is 22.9 Å². The van der Waals surface area contributed by atoms with Gasteiger partial charge in [0.15, 0.2) is 0 Å². The largest absolute Gasteiger partial charge is 0.333 e. The lowest BCUT2D eigenvalue weighted by atomic mass is 9.98. The first-order valence-corrected chi connectivity index (χ1v) is 5.80. The number of hydrogen-bond acceptors (Lipinski definition) is 3. The number of nitrogens with zero attached hydrogens (tertiary/aromatic N) is 2. The number of likely N-dealkylation sites (tertiary alicyclic amines) is 1. The van der Waals surface area contributed by atoms with E-state index in [-0.39, 0.29) is 5.91 Å². The molecule has 2 N–H and O–H groups in total. The van der Waals surface area contributed by atoms with Crippen molar-refractivity contribution in [3.8, 4) is 0 Å². The molecule has 14 heavy (non-hydrogen) atoms. The van der Waals surface area contributed by atoms with Crippen LogP contribution in [0, 0.1) is 0 Å². The number of rotatable bonds is 2. The predicted molar refractivity (Wildman–Crippen MR) is 62.8 cm³/mol. The first kappa shape index (κ1) is 10.4. The molecule has 0 aromatic heterocycles. The van der Waals surface area contributed by atoms with E-state index in [1.807, 2.05) is 4.90 Å². The van der Waals surface area contributed by atoms with Crippen LogP contribution in [-0.4, -0.2) is 45.6 Å². The van der Waals surface area contributed by atoms with Gasteiger partial charge >= 0.3 is 0 Å². The van der Waals surface area contributed by atoms with Crippen LogP contribution in [0.15, 0.2) is 12.2 Å². The zero-order valence-corrected chi connectivity index (χ0v) is 10.1. The van der Waals surface area contributed by atoms with Crippen molar-refractivity contribution in [1.82, 2.24) is 8.01 Å². The first-order valence-electron chi connectivity index (χ1n) is 4.83. The third-order valence-electron chi connectivity index (χ3n) is 2.91. The molecule has 0 spiro atoms. The van der Waals surface area contributed by atoms with Gasteiger partial charge in [0.2, 0.25) is 5.91 Å². The Balaban J connectivity index is 1.91. The summed E-state index contributed by atoms with van der Waals surface area (Å²) >= 11 is 2.34. The molecule has 2 fully saturated rings. The van der Waals surface area contributed by atoms with Gasteiger partial charge in [0.25, 0.3) is 0 Å². The Bertz CT molecular complexity index is 269. The molecule has 2 aliphatic rings. The van der Waals surface area contributed by atoms with Crippen molar-refractivity contribution in [1.29, 1.82) is 0 Å². The van der Waals surface area contributed by atoms with E-state index in [2.05, 4.69) is 26.0 Å². The van der Waals surface area contributed by atoms with Crippen LogP contribution < -0.4 is 5.73 Å². The average Bonchev–Trinajstić information content (AvgIpc) is 2.38. The minimum Gasteiger partial charge on any atom is -0.333 e. The van der Waals surface area contributed by atoms with Crippen LogP contribution in [-0.2, 0) is 4.79 Å². The second-order valence-electron chi connectivity index (χ2n) is 3.68. The van der Waals surface area contributed by atoms with Crippen LogP contribution in [0.5, 0.6) is 0 Å². The summed E-state index contributed by atoms with van der Waals surface area (Å²) in [7, 11) is 0. The van der Waals surface area contributed by atoms with E-state index in [9.17, 15) is 4.79 Å². The van der Waals surface area contributed by atoms with Gasteiger partial charge < -0.3 is 10.6 Å². The lowest BCUT2D eigenvalue weighted by Gasteiger charge is -2.45. The smallest absolute Gasteiger partial charge is 0.246 e. The fraction of sp³-hybridized carbons (Fsp3) is 0.667. The van der Waals surface area contributed by atoms with Gasteiger partial charge in [-0.1, -0.05) is 6.08 Å². The van der Waals surface area contributed by atoms with Crippen molar-refractivity contribution >= 4 is 28.8 Å².